The van der Waals surface area contributed by atoms with Gasteiger partial charge >= 0.3 is 0 Å². The van der Waals surface area contributed by atoms with Crippen molar-refractivity contribution in [1.29, 1.82) is 0 Å². The highest BCUT2D eigenvalue weighted by Crippen LogP contribution is 1.79. The van der Waals surface area contributed by atoms with Gasteiger partial charge in [-0.25, -0.2) is 0 Å². The van der Waals surface area contributed by atoms with Crippen molar-refractivity contribution in [3.63, 3.8) is 0 Å². The van der Waals surface area contributed by atoms with Gasteiger partial charge in [-0.3, -0.25) is 0 Å². The van der Waals surface area contributed by atoms with Crippen molar-refractivity contribution in [2.75, 3.05) is 6.61 Å². The number of aromatic nitrogens is 3. The van der Waals surface area contributed by atoms with Gasteiger partial charge in [0.25, 0.3) is 0 Å². The van der Waals surface area contributed by atoms with E-state index in [-0.39, 0.29) is 0 Å². The van der Waals surface area contributed by atoms with Crippen molar-refractivity contribution in [2.45, 2.75) is 13.7 Å². The molecule has 0 radical (unpaired) electrons. The molecule has 0 aliphatic carbocycles. The van der Waals surface area contributed by atoms with Crippen LogP contribution in [0.1, 0.15) is 6.92 Å². The Kier molecular flexibility index (Phi) is 2.21. The highest BCUT2D eigenvalue weighted by Gasteiger charge is 1.86. The molecule has 0 bridgehead atoms. The van der Waals surface area contributed by atoms with E-state index < -0.39 is 0 Å². The summed E-state index contributed by atoms with van der Waals surface area (Å²) in [7, 11) is 0. The second-order valence-electron chi connectivity index (χ2n) is 1.52. The van der Waals surface area contributed by atoms with Gasteiger partial charge in [0.2, 0.25) is 0 Å². The second kappa shape index (κ2) is 3.19. The lowest BCUT2D eigenvalue weighted by Gasteiger charge is -1.96. The molecule has 1 aromatic heterocycles. The molecule has 0 aliphatic rings. The van der Waals surface area contributed by atoms with Crippen LogP contribution in [0.25, 0.3) is 0 Å². The summed E-state index contributed by atoms with van der Waals surface area (Å²) >= 11 is 0. The molecule has 9 heavy (non-hydrogen) atoms. The molecule has 0 saturated carbocycles. The number of rotatable bonds is 3. The fraction of sp³-hybridized carbons (Fsp3) is 0.600. The Morgan fingerprint density at radius 2 is 2.11 bits per heavy atom. The zero-order valence-electron chi connectivity index (χ0n) is 5.32. The fourth-order valence-corrected chi connectivity index (χ4v) is 0.483. The SMILES string of the molecule is CCOCn1nccn1. The second-order valence-corrected chi connectivity index (χ2v) is 1.52. The third kappa shape index (κ3) is 1.81. The van der Waals surface area contributed by atoms with Crippen LogP contribution in [-0.2, 0) is 11.5 Å². The Labute approximate surface area is 53.4 Å². The van der Waals surface area contributed by atoms with Crippen LogP contribution >= 0.6 is 0 Å². The molecular formula is C5H9N3O. The van der Waals surface area contributed by atoms with E-state index in [1.54, 1.807) is 12.4 Å². The minimum absolute atomic E-state index is 0.448. The zero-order valence-corrected chi connectivity index (χ0v) is 5.32. The molecule has 4 nitrogen and oxygen atoms in total. The molecule has 0 saturated heterocycles. The van der Waals surface area contributed by atoms with E-state index in [2.05, 4.69) is 10.2 Å². The molecule has 4 heteroatoms. The van der Waals surface area contributed by atoms with E-state index in [0.29, 0.717) is 13.3 Å². The van der Waals surface area contributed by atoms with E-state index in [9.17, 15) is 0 Å². The molecular weight excluding hydrogens is 118 g/mol. The number of nitrogens with zero attached hydrogens (tertiary/aromatic N) is 3. The average Bonchev–Trinajstić information content (AvgIpc) is 2.34. The highest BCUT2D eigenvalue weighted by atomic mass is 16.5. The van der Waals surface area contributed by atoms with Gasteiger partial charge in [0, 0.05) is 6.61 Å². The van der Waals surface area contributed by atoms with Crippen LogP contribution in [0.5, 0.6) is 0 Å². The summed E-state index contributed by atoms with van der Waals surface area (Å²) in [4.78, 5) is 1.49. The first-order chi connectivity index (χ1) is 4.43. The Balaban J connectivity index is 2.30. The summed E-state index contributed by atoms with van der Waals surface area (Å²) in [5.74, 6) is 0. The predicted octanol–water partition coefficient (Wildman–Crippen LogP) is 0.272. The van der Waals surface area contributed by atoms with Gasteiger partial charge in [-0.2, -0.15) is 15.0 Å². The van der Waals surface area contributed by atoms with Gasteiger partial charge in [0.1, 0.15) is 0 Å². The van der Waals surface area contributed by atoms with Gasteiger partial charge in [0.15, 0.2) is 6.73 Å². The first-order valence-corrected chi connectivity index (χ1v) is 2.85. The lowest BCUT2D eigenvalue weighted by Crippen LogP contribution is -2.05. The average molecular weight is 127 g/mol. The van der Waals surface area contributed by atoms with E-state index in [1.165, 1.54) is 4.80 Å². The maximum atomic E-state index is 5.02. The van der Waals surface area contributed by atoms with Crippen molar-refractivity contribution in [2.24, 2.45) is 0 Å². The minimum atomic E-state index is 0.448. The summed E-state index contributed by atoms with van der Waals surface area (Å²) in [6.07, 6.45) is 3.25. The van der Waals surface area contributed by atoms with E-state index in [4.69, 9.17) is 4.74 Å². The third-order valence-electron chi connectivity index (χ3n) is 0.877. The van der Waals surface area contributed by atoms with Gasteiger partial charge in [0.05, 0.1) is 12.4 Å². The standard InChI is InChI=1S/C5H9N3O/c1-2-9-5-8-6-3-4-7-8/h3-4H,2,5H2,1H3. The first kappa shape index (κ1) is 6.22. The normalized spacial score (nSPS) is 9.89. The molecule has 1 rings (SSSR count). The molecule has 50 valence electrons. The smallest absolute Gasteiger partial charge is 0.158 e. The van der Waals surface area contributed by atoms with E-state index in [0.717, 1.165) is 0 Å². The summed E-state index contributed by atoms with van der Waals surface area (Å²) in [6.45, 7) is 3.08. The Hall–Kier alpha value is -0.900. The van der Waals surface area contributed by atoms with Crippen LogP contribution in [0.15, 0.2) is 12.4 Å². The molecule has 0 aromatic carbocycles. The van der Waals surface area contributed by atoms with Crippen molar-refractivity contribution in [3.05, 3.63) is 12.4 Å². The summed E-state index contributed by atoms with van der Waals surface area (Å²) in [5.41, 5.74) is 0. The first-order valence-electron chi connectivity index (χ1n) is 2.85. The van der Waals surface area contributed by atoms with Crippen molar-refractivity contribution >= 4 is 0 Å². The van der Waals surface area contributed by atoms with Crippen molar-refractivity contribution in [3.8, 4) is 0 Å². The minimum Gasteiger partial charge on any atom is -0.358 e. The van der Waals surface area contributed by atoms with Crippen LogP contribution < -0.4 is 0 Å². The maximum absolute atomic E-state index is 5.02. The van der Waals surface area contributed by atoms with Crippen LogP contribution in [-0.4, -0.2) is 21.6 Å². The predicted molar refractivity (Wildman–Crippen MR) is 31.6 cm³/mol. The summed E-state index contributed by atoms with van der Waals surface area (Å²) in [6, 6.07) is 0. The lowest BCUT2D eigenvalue weighted by molar-refractivity contribution is 0.0690. The quantitative estimate of drug-likeness (QED) is 0.585. The van der Waals surface area contributed by atoms with Crippen molar-refractivity contribution in [1.82, 2.24) is 15.0 Å². The summed E-state index contributed by atoms with van der Waals surface area (Å²) in [5, 5.41) is 7.67. The molecule has 0 aliphatic heterocycles. The van der Waals surface area contributed by atoms with Crippen LogP contribution in [0, 0.1) is 0 Å². The summed E-state index contributed by atoms with van der Waals surface area (Å²) < 4.78 is 5.02. The lowest BCUT2D eigenvalue weighted by atomic mass is 10.9. The molecule has 0 unspecified atom stereocenters. The Bertz CT molecular complexity index is 149. The number of hydrogen-bond donors (Lipinski definition) is 0. The van der Waals surface area contributed by atoms with Crippen molar-refractivity contribution < 1.29 is 4.74 Å². The van der Waals surface area contributed by atoms with Crippen LogP contribution in [0.4, 0.5) is 0 Å². The topological polar surface area (TPSA) is 39.9 Å². The molecule has 0 N–H and O–H groups in total. The van der Waals surface area contributed by atoms with E-state index >= 15 is 0 Å². The Morgan fingerprint density at radius 3 is 2.67 bits per heavy atom. The van der Waals surface area contributed by atoms with Gasteiger partial charge < -0.3 is 4.74 Å². The third-order valence-corrected chi connectivity index (χ3v) is 0.877. The molecule has 0 fully saturated rings. The molecule has 0 spiro atoms. The van der Waals surface area contributed by atoms with Gasteiger partial charge in [-0.1, -0.05) is 0 Å². The van der Waals surface area contributed by atoms with E-state index in [1.807, 2.05) is 6.92 Å². The van der Waals surface area contributed by atoms with Crippen LogP contribution in [0.2, 0.25) is 0 Å². The van der Waals surface area contributed by atoms with Gasteiger partial charge in [-0.15, -0.1) is 0 Å². The molecule has 1 aromatic rings. The zero-order chi connectivity index (χ0) is 6.53. The largest absolute Gasteiger partial charge is 0.358 e. The molecule has 0 atom stereocenters. The maximum Gasteiger partial charge on any atom is 0.158 e. The molecule has 1 heterocycles. The number of hydrogen-bond acceptors (Lipinski definition) is 3. The number of ether oxygens (including phenoxy) is 1. The highest BCUT2D eigenvalue weighted by molar-refractivity contribution is 4.58. The van der Waals surface area contributed by atoms with Crippen LogP contribution in [0.3, 0.4) is 0 Å². The van der Waals surface area contributed by atoms with Gasteiger partial charge in [-0.05, 0) is 6.92 Å². The Morgan fingerprint density at radius 1 is 1.44 bits per heavy atom. The molecule has 0 amide bonds. The monoisotopic (exact) mass is 127 g/mol. The fourth-order valence-electron chi connectivity index (χ4n) is 0.483.